The van der Waals surface area contributed by atoms with Crippen molar-refractivity contribution in [2.75, 3.05) is 31.6 Å². The average molecular weight is 570 g/mol. The number of nitrogens with one attached hydrogen (secondary N) is 1. The van der Waals surface area contributed by atoms with Crippen LogP contribution in [0.1, 0.15) is 24.2 Å². The molecule has 1 unspecified atom stereocenters. The Balaban J connectivity index is 0.000000317. The number of likely N-dealkylation sites (tertiary alicyclic amines) is 1. The molecule has 2 aliphatic heterocycles. The molecule has 1 spiro atoms. The van der Waals surface area contributed by atoms with Crippen molar-refractivity contribution in [3.8, 4) is 0 Å². The van der Waals surface area contributed by atoms with Gasteiger partial charge in [0.2, 0.25) is 5.95 Å². The minimum Gasteiger partial charge on any atom is -0.475 e. The van der Waals surface area contributed by atoms with Gasteiger partial charge in [-0.25, -0.2) is 19.6 Å². The van der Waals surface area contributed by atoms with E-state index in [-0.39, 0.29) is 5.60 Å². The molecule has 0 aromatic carbocycles. The van der Waals surface area contributed by atoms with Crippen LogP contribution in [-0.4, -0.2) is 91.0 Å². The number of aliphatic carboxylic acids is 2. The van der Waals surface area contributed by atoms with Crippen LogP contribution in [0.4, 0.5) is 32.3 Å². The smallest absolute Gasteiger partial charge is 0.475 e. The van der Waals surface area contributed by atoms with E-state index in [1.165, 1.54) is 12.1 Å². The van der Waals surface area contributed by atoms with Crippen molar-refractivity contribution < 1.29 is 50.9 Å². The first-order valence-corrected chi connectivity index (χ1v) is 11.5. The lowest BCUT2D eigenvalue weighted by atomic mass is 9.83. The molecule has 4 rings (SSSR count). The maximum Gasteiger partial charge on any atom is 0.490 e. The number of aromatic nitrogens is 4. The maximum atomic E-state index is 10.6. The SMILES string of the molecule is Cc1cc(CN2CC3(CCC(CNc4ncccn4)CO3)C2)n(C)n1.O=C(O)C(F)(F)F.O=C(O)C(F)(F)F. The number of carboxylic acid groups (broad SMARTS) is 2. The Kier molecular flexibility index (Phi) is 10.6. The third kappa shape index (κ3) is 10.3. The highest BCUT2D eigenvalue weighted by molar-refractivity contribution is 5.73. The molecule has 218 valence electrons. The number of rotatable bonds is 5. The van der Waals surface area contributed by atoms with E-state index in [0.29, 0.717) is 11.9 Å². The molecular weight excluding hydrogens is 542 g/mol. The number of anilines is 1. The van der Waals surface area contributed by atoms with Gasteiger partial charge >= 0.3 is 24.3 Å². The van der Waals surface area contributed by atoms with Crippen LogP contribution >= 0.6 is 0 Å². The Hall–Kier alpha value is -3.47. The predicted molar refractivity (Wildman–Crippen MR) is 123 cm³/mol. The zero-order valence-corrected chi connectivity index (χ0v) is 21.0. The van der Waals surface area contributed by atoms with Crippen molar-refractivity contribution in [3.05, 3.63) is 35.9 Å². The number of hydrogen-bond acceptors (Lipinski definition) is 8. The van der Waals surface area contributed by atoms with Gasteiger partial charge < -0.3 is 20.3 Å². The lowest BCUT2D eigenvalue weighted by Gasteiger charge is -2.53. The number of aryl methyl sites for hydroxylation is 2. The third-order valence-electron chi connectivity index (χ3n) is 5.74. The monoisotopic (exact) mass is 570 g/mol. The van der Waals surface area contributed by atoms with Gasteiger partial charge in [0.25, 0.3) is 0 Å². The Morgan fingerprint density at radius 2 is 1.64 bits per heavy atom. The van der Waals surface area contributed by atoms with Crippen molar-refractivity contribution in [1.82, 2.24) is 24.6 Å². The molecule has 2 aromatic heterocycles. The predicted octanol–water partition coefficient (Wildman–Crippen LogP) is 2.88. The first kappa shape index (κ1) is 31.7. The summed E-state index contributed by atoms with van der Waals surface area (Å²) in [5.74, 6) is -4.28. The Morgan fingerprint density at radius 1 is 1.10 bits per heavy atom. The number of halogens is 6. The number of carbonyl (C=O) groups is 2. The molecule has 39 heavy (non-hydrogen) atoms. The van der Waals surface area contributed by atoms with Gasteiger partial charge in [-0.15, -0.1) is 0 Å². The molecule has 0 bridgehead atoms. The van der Waals surface area contributed by atoms with Crippen molar-refractivity contribution >= 4 is 17.9 Å². The van der Waals surface area contributed by atoms with Crippen LogP contribution in [0.5, 0.6) is 0 Å². The quantitative estimate of drug-likeness (QED) is 0.460. The van der Waals surface area contributed by atoms with E-state index in [1.807, 2.05) is 24.7 Å². The Morgan fingerprint density at radius 3 is 2.05 bits per heavy atom. The molecule has 17 heteroatoms. The molecule has 2 fully saturated rings. The summed E-state index contributed by atoms with van der Waals surface area (Å²) >= 11 is 0. The summed E-state index contributed by atoms with van der Waals surface area (Å²) in [6.07, 6.45) is -4.32. The number of alkyl halides is 6. The van der Waals surface area contributed by atoms with Crippen molar-refractivity contribution in [2.24, 2.45) is 13.0 Å². The van der Waals surface area contributed by atoms with Gasteiger partial charge in [-0.1, -0.05) is 0 Å². The summed E-state index contributed by atoms with van der Waals surface area (Å²) in [6.45, 7) is 6.74. The van der Waals surface area contributed by atoms with Crippen molar-refractivity contribution in [2.45, 2.75) is 44.3 Å². The molecule has 4 heterocycles. The van der Waals surface area contributed by atoms with Crippen LogP contribution < -0.4 is 5.32 Å². The number of hydrogen-bond donors (Lipinski definition) is 3. The van der Waals surface area contributed by atoms with Crippen molar-refractivity contribution in [3.63, 3.8) is 0 Å². The van der Waals surface area contributed by atoms with Gasteiger partial charge in [0.15, 0.2) is 0 Å². The van der Waals surface area contributed by atoms with E-state index in [0.717, 1.165) is 44.9 Å². The summed E-state index contributed by atoms with van der Waals surface area (Å²) in [5, 5.41) is 22.0. The topological polar surface area (TPSA) is 143 Å². The molecule has 0 saturated carbocycles. The number of nitrogens with zero attached hydrogens (tertiary/aromatic N) is 5. The first-order valence-electron chi connectivity index (χ1n) is 11.5. The lowest BCUT2D eigenvalue weighted by molar-refractivity contribution is -0.193. The van der Waals surface area contributed by atoms with Crippen LogP contribution in [0.2, 0.25) is 0 Å². The molecule has 2 aliphatic rings. The fourth-order valence-electron chi connectivity index (χ4n) is 3.88. The van der Waals surface area contributed by atoms with E-state index < -0.39 is 24.3 Å². The zero-order chi connectivity index (χ0) is 29.4. The first-order chi connectivity index (χ1) is 18.0. The molecule has 2 aromatic rings. The summed E-state index contributed by atoms with van der Waals surface area (Å²) in [6, 6.07) is 3.99. The van der Waals surface area contributed by atoms with E-state index >= 15 is 0 Å². The lowest BCUT2D eigenvalue weighted by Crippen LogP contribution is -2.64. The molecule has 3 N–H and O–H groups in total. The second-order valence-corrected chi connectivity index (χ2v) is 9.00. The van der Waals surface area contributed by atoms with Crippen LogP contribution in [0, 0.1) is 12.8 Å². The highest BCUT2D eigenvalue weighted by atomic mass is 19.4. The molecular formula is C22H28F6N6O5. The van der Waals surface area contributed by atoms with Crippen LogP contribution in [0.25, 0.3) is 0 Å². The number of ether oxygens (including phenoxy) is 1. The van der Waals surface area contributed by atoms with E-state index in [2.05, 4.69) is 31.3 Å². The Bertz CT molecular complexity index is 1060. The second kappa shape index (κ2) is 13.1. The van der Waals surface area contributed by atoms with Gasteiger partial charge in [-0.3, -0.25) is 9.58 Å². The Labute approximate surface area is 218 Å². The molecule has 0 radical (unpaired) electrons. The minimum atomic E-state index is -5.08. The van der Waals surface area contributed by atoms with Gasteiger partial charge in [0.05, 0.1) is 23.6 Å². The van der Waals surface area contributed by atoms with E-state index in [4.69, 9.17) is 24.5 Å². The summed E-state index contributed by atoms with van der Waals surface area (Å²) in [5.41, 5.74) is 2.43. The zero-order valence-electron chi connectivity index (χ0n) is 21.0. The second-order valence-electron chi connectivity index (χ2n) is 9.00. The minimum absolute atomic E-state index is 0.0768. The summed E-state index contributed by atoms with van der Waals surface area (Å²) in [4.78, 5) is 28.6. The normalized spacial score (nSPS) is 18.6. The number of carboxylic acids is 2. The highest BCUT2D eigenvalue weighted by Gasteiger charge is 2.46. The third-order valence-corrected chi connectivity index (χ3v) is 5.74. The van der Waals surface area contributed by atoms with Crippen molar-refractivity contribution in [1.29, 1.82) is 0 Å². The average Bonchev–Trinajstić information content (AvgIpc) is 3.14. The molecule has 0 amide bonds. The maximum absolute atomic E-state index is 10.6. The van der Waals surface area contributed by atoms with Gasteiger partial charge in [0.1, 0.15) is 0 Å². The van der Waals surface area contributed by atoms with Gasteiger partial charge in [0, 0.05) is 45.6 Å². The van der Waals surface area contributed by atoms with Gasteiger partial charge in [-0.2, -0.15) is 31.4 Å². The van der Waals surface area contributed by atoms with Crippen LogP contribution in [0.3, 0.4) is 0 Å². The van der Waals surface area contributed by atoms with E-state index in [9.17, 15) is 26.3 Å². The summed E-state index contributed by atoms with van der Waals surface area (Å²) in [7, 11) is 2.02. The standard InChI is InChI=1S/C18H26N6O.2C2HF3O2/c1-14-8-16(23(2)22-14)10-24-12-18(13-24)5-4-15(11-25-18)9-21-17-19-6-3-7-20-17;2*3-2(4,5)1(6)7/h3,6-8,15H,4-5,9-13H2,1-2H3,(H,19,20,21);2*(H,6,7). The van der Waals surface area contributed by atoms with Crippen LogP contribution in [0.15, 0.2) is 24.5 Å². The van der Waals surface area contributed by atoms with E-state index in [1.54, 1.807) is 12.4 Å². The fourth-order valence-corrected chi connectivity index (χ4v) is 3.88. The van der Waals surface area contributed by atoms with Gasteiger partial charge in [-0.05, 0) is 37.8 Å². The van der Waals surface area contributed by atoms with Crippen LogP contribution in [-0.2, 0) is 27.9 Å². The molecule has 0 aliphatic carbocycles. The fraction of sp³-hybridized carbons (Fsp3) is 0.591. The molecule has 1 atom stereocenters. The molecule has 2 saturated heterocycles. The highest BCUT2D eigenvalue weighted by Crippen LogP contribution is 2.36. The molecule has 11 nitrogen and oxygen atoms in total. The summed E-state index contributed by atoms with van der Waals surface area (Å²) < 4.78 is 71.7. The largest absolute Gasteiger partial charge is 0.490 e.